The van der Waals surface area contributed by atoms with Crippen LogP contribution < -0.4 is 0 Å². The molecule has 0 aliphatic heterocycles. The molecule has 0 saturated heterocycles. The molecule has 1 unspecified atom stereocenters. The van der Waals surface area contributed by atoms with Crippen molar-refractivity contribution in [3.63, 3.8) is 0 Å². The van der Waals surface area contributed by atoms with Gasteiger partial charge in [-0.15, -0.1) is 0 Å². The molecule has 0 aromatic carbocycles. The summed E-state index contributed by atoms with van der Waals surface area (Å²) in [4.78, 5) is 49.9. The molecule has 134 valence electrons. The first-order valence-electron chi connectivity index (χ1n) is 5.34. The minimum atomic E-state index is -2.74. The Bertz CT molecular complexity index is 443. The molecular formula is C10H14FeO12. The van der Waals surface area contributed by atoms with Gasteiger partial charge in [-0.05, 0) is 0 Å². The van der Waals surface area contributed by atoms with E-state index < -0.39 is 60.8 Å². The molecule has 0 aliphatic carbocycles. The third-order valence-electron chi connectivity index (χ3n) is 1.94. The number of hydrogen-bond acceptors (Lipinski definition) is 7. The Morgan fingerprint density at radius 3 is 1.26 bits per heavy atom. The molecule has 23 heavy (non-hydrogen) atoms. The summed E-state index contributed by atoms with van der Waals surface area (Å²) >= 11 is 0. The van der Waals surface area contributed by atoms with Crippen molar-refractivity contribution in [2.75, 3.05) is 0 Å². The monoisotopic (exact) mass is 382 g/mol. The molecule has 0 aliphatic rings. The van der Waals surface area contributed by atoms with Crippen molar-refractivity contribution in [2.24, 2.45) is 0 Å². The molecule has 1 atom stereocenters. The van der Waals surface area contributed by atoms with E-state index in [4.69, 9.17) is 35.7 Å². The van der Waals surface area contributed by atoms with E-state index in [0.29, 0.717) is 0 Å². The number of carboxylic acids is 5. The number of carboxylic acid groups (broad SMARTS) is 5. The van der Waals surface area contributed by atoms with E-state index in [2.05, 4.69) is 0 Å². The topological polar surface area (TPSA) is 227 Å². The summed E-state index contributed by atoms with van der Waals surface area (Å²) in [7, 11) is 0. The Morgan fingerprint density at radius 2 is 1.13 bits per heavy atom. The summed E-state index contributed by atoms with van der Waals surface area (Å²) in [6.45, 7) is 0. The van der Waals surface area contributed by atoms with Crippen LogP contribution >= 0.6 is 0 Å². The summed E-state index contributed by atoms with van der Waals surface area (Å²) in [5.74, 6) is -7.86. The molecule has 0 saturated carbocycles. The number of carbonyl (C=O) groups is 5. The molecule has 0 aromatic rings. The maximum absolute atomic E-state index is 10.3. The first-order chi connectivity index (χ1) is 9.81. The summed E-state index contributed by atoms with van der Waals surface area (Å²) in [6.07, 6.45) is -4.83. The van der Waals surface area contributed by atoms with Crippen LogP contribution in [0.4, 0.5) is 0 Å². The minimum absolute atomic E-state index is 0. The number of aliphatic hydroxyl groups excluding tert-OH is 1. The van der Waals surface area contributed by atoms with E-state index in [1.165, 1.54) is 0 Å². The van der Waals surface area contributed by atoms with Crippen LogP contribution in [0.15, 0.2) is 0 Å². The third-order valence-corrected chi connectivity index (χ3v) is 1.94. The molecule has 0 fully saturated rings. The Kier molecular flexibility index (Phi) is 12.7. The number of rotatable bonds is 8. The third kappa shape index (κ3) is 13.2. The molecule has 0 rings (SSSR count). The molecule has 7 N–H and O–H groups in total. The molecule has 12 nitrogen and oxygen atoms in total. The molecule has 0 spiro atoms. The van der Waals surface area contributed by atoms with Crippen LogP contribution in [-0.4, -0.2) is 77.3 Å². The van der Waals surface area contributed by atoms with Crippen LogP contribution in [0.2, 0.25) is 0 Å². The standard InChI is InChI=1S/C6H8O7.C4H6O5.Fe/c7-3(8)1-6(13,5(11)12)2-4(9)10;5-2(4(8)9)1-3(6)7;/h13H,1-2H2,(H,7,8)(H,9,10)(H,11,12);2,5H,1H2,(H,6,7)(H,8,9);. The van der Waals surface area contributed by atoms with Gasteiger partial charge in [0.2, 0.25) is 0 Å². The fourth-order valence-corrected chi connectivity index (χ4v) is 0.967. The molecule has 0 aromatic heterocycles. The summed E-state index contributed by atoms with van der Waals surface area (Å²) < 4.78 is 0. The van der Waals surface area contributed by atoms with Crippen molar-refractivity contribution in [3.8, 4) is 0 Å². The van der Waals surface area contributed by atoms with Crippen LogP contribution in [0, 0.1) is 0 Å². The molecule has 0 bridgehead atoms. The van der Waals surface area contributed by atoms with Crippen molar-refractivity contribution in [1.29, 1.82) is 0 Å². The van der Waals surface area contributed by atoms with E-state index in [0.717, 1.165) is 0 Å². The summed E-state index contributed by atoms with van der Waals surface area (Å²) in [5.41, 5.74) is -2.74. The number of aliphatic carboxylic acids is 5. The average molecular weight is 382 g/mol. The maximum Gasteiger partial charge on any atom is 0.336 e. The Balaban J connectivity index is -0.000000354. The minimum Gasteiger partial charge on any atom is -0.481 e. The average Bonchev–Trinajstić information content (AvgIpc) is 2.25. The fraction of sp³-hybridized carbons (Fsp3) is 0.500. The van der Waals surface area contributed by atoms with Crippen molar-refractivity contribution < 1.29 is 76.8 Å². The second-order valence-electron chi connectivity index (χ2n) is 3.93. The van der Waals surface area contributed by atoms with Crippen LogP contribution in [-0.2, 0) is 41.0 Å². The van der Waals surface area contributed by atoms with E-state index in [9.17, 15) is 24.0 Å². The molecule has 0 heterocycles. The Morgan fingerprint density at radius 1 is 0.783 bits per heavy atom. The van der Waals surface area contributed by atoms with E-state index >= 15 is 0 Å². The van der Waals surface area contributed by atoms with Gasteiger partial charge in [-0.2, -0.15) is 0 Å². The second kappa shape index (κ2) is 11.4. The number of hydrogen-bond donors (Lipinski definition) is 7. The zero-order valence-corrected chi connectivity index (χ0v) is 12.3. The zero-order valence-electron chi connectivity index (χ0n) is 11.2. The Hall–Kier alpha value is -2.21. The van der Waals surface area contributed by atoms with Crippen LogP contribution in [0.3, 0.4) is 0 Å². The van der Waals surface area contributed by atoms with E-state index in [-0.39, 0.29) is 17.1 Å². The van der Waals surface area contributed by atoms with Crippen LogP contribution in [0.25, 0.3) is 0 Å². The number of aliphatic hydroxyl groups is 2. The van der Waals surface area contributed by atoms with Gasteiger partial charge in [0.05, 0.1) is 19.3 Å². The normalized spacial score (nSPS) is 11.0. The van der Waals surface area contributed by atoms with Gasteiger partial charge < -0.3 is 35.7 Å². The van der Waals surface area contributed by atoms with Gasteiger partial charge in [0.1, 0.15) is 0 Å². The van der Waals surface area contributed by atoms with Gasteiger partial charge in [-0.3, -0.25) is 14.4 Å². The smallest absolute Gasteiger partial charge is 0.336 e. The molecular weight excluding hydrogens is 368 g/mol. The van der Waals surface area contributed by atoms with Crippen LogP contribution in [0.1, 0.15) is 19.3 Å². The van der Waals surface area contributed by atoms with Gasteiger partial charge in [0.15, 0.2) is 11.7 Å². The van der Waals surface area contributed by atoms with Crippen molar-refractivity contribution in [1.82, 2.24) is 0 Å². The molecule has 13 heteroatoms. The van der Waals surface area contributed by atoms with Crippen molar-refractivity contribution in [2.45, 2.75) is 31.0 Å². The van der Waals surface area contributed by atoms with Gasteiger partial charge in [-0.25, -0.2) is 9.59 Å². The quantitative estimate of drug-likeness (QED) is 0.219. The summed E-state index contributed by atoms with van der Waals surface area (Å²) in [5, 5.41) is 58.0. The predicted molar refractivity (Wildman–Crippen MR) is 63.0 cm³/mol. The first-order valence-corrected chi connectivity index (χ1v) is 5.34. The van der Waals surface area contributed by atoms with Gasteiger partial charge in [0, 0.05) is 17.1 Å². The molecule has 0 amide bonds. The van der Waals surface area contributed by atoms with E-state index in [1.54, 1.807) is 0 Å². The zero-order chi connectivity index (χ0) is 18.1. The predicted octanol–water partition coefficient (Wildman–Crippen LogP) is -2.34. The first kappa shape index (κ1) is 25.7. The largest absolute Gasteiger partial charge is 0.481 e. The van der Waals surface area contributed by atoms with Crippen molar-refractivity contribution in [3.05, 3.63) is 0 Å². The SMILES string of the molecule is O=C(O)CC(O)(CC(=O)O)C(=O)O.O=C(O)CC(O)C(=O)O.[Fe]. The maximum atomic E-state index is 10.3. The Labute approximate surface area is 138 Å². The van der Waals surface area contributed by atoms with Gasteiger partial charge >= 0.3 is 29.8 Å². The van der Waals surface area contributed by atoms with Crippen molar-refractivity contribution >= 4 is 29.8 Å². The van der Waals surface area contributed by atoms with Gasteiger partial charge in [0.25, 0.3) is 0 Å². The second-order valence-corrected chi connectivity index (χ2v) is 3.93. The summed E-state index contributed by atoms with van der Waals surface area (Å²) in [6, 6.07) is 0. The van der Waals surface area contributed by atoms with Crippen LogP contribution in [0.5, 0.6) is 0 Å². The van der Waals surface area contributed by atoms with E-state index in [1.807, 2.05) is 0 Å². The fourth-order valence-electron chi connectivity index (χ4n) is 0.967. The molecule has 0 radical (unpaired) electrons. The van der Waals surface area contributed by atoms with Gasteiger partial charge in [-0.1, -0.05) is 0 Å².